The molecule has 1 amide bonds. The fraction of sp³-hybridized carbons (Fsp3) is 0.562. The fourth-order valence-electron chi connectivity index (χ4n) is 2.89. The zero-order chi connectivity index (χ0) is 14.8. The Morgan fingerprint density at radius 3 is 2.85 bits per heavy atom. The van der Waals surface area contributed by atoms with Gasteiger partial charge in [-0.3, -0.25) is 4.79 Å². The quantitative estimate of drug-likeness (QED) is 0.834. The lowest BCUT2D eigenvalue weighted by Crippen LogP contribution is -2.41. The van der Waals surface area contributed by atoms with Gasteiger partial charge in [-0.1, -0.05) is 13.8 Å². The minimum absolute atomic E-state index is 0.0223. The summed E-state index contributed by atoms with van der Waals surface area (Å²) in [5, 5.41) is 2.88. The summed E-state index contributed by atoms with van der Waals surface area (Å²) in [7, 11) is 0. The molecule has 1 aliphatic rings. The van der Waals surface area contributed by atoms with Gasteiger partial charge in [0.05, 0.1) is 11.3 Å². The van der Waals surface area contributed by atoms with Crippen molar-refractivity contribution in [2.75, 3.05) is 30.3 Å². The number of hydrogen-bond donors (Lipinski definition) is 2. The Morgan fingerprint density at radius 1 is 1.45 bits per heavy atom. The van der Waals surface area contributed by atoms with E-state index in [0.717, 1.165) is 30.8 Å². The number of nitrogens with two attached hydrogens (primary N) is 1. The molecule has 1 heterocycles. The van der Waals surface area contributed by atoms with Gasteiger partial charge in [0, 0.05) is 25.3 Å². The van der Waals surface area contributed by atoms with E-state index < -0.39 is 0 Å². The molecular formula is C16H25N3O. The van der Waals surface area contributed by atoms with Gasteiger partial charge in [-0.2, -0.15) is 0 Å². The summed E-state index contributed by atoms with van der Waals surface area (Å²) in [5.41, 5.74) is 8.58. The number of piperidine rings is 1. The third-order valence-corrected chi connectivity index (χ3v) is 3.84. The van der Waals surface area contributed by atoms with Crippen LogP contribution in [-0.4, -0.2) is 25.5 Å². The van der Waals surface area contributed by atoms with Crippen molar-refractivity contribution < 1.29 is 4.79 Å². The average molecular weight is 275 g/mol. The predicted octanol–water partition coefficient (Wildman–Crippen LogP) is 2.64. The van der Waals surface area contributed by atoms with Gasteiger partial charge < -0.3 is 16.0 Å². The van der Waals surface area contributed by atoms with Crippen LogP contribution in [0.15, 0.2) is 18.2 Å². The molecule has 3 N–H and O–H groups in total. The maximum Gasteiger partial charge on any atom is 0.253 e. The predicted molar refractivity (Wildman–Crippen MR) is 84.1 cm³/mol. The van der Waals surface area contributed by atoms with E-state index in [-0.39, 0.29) is 11.3 Å². The van der Waals surface area contributed by atoms with Crippen molar-refractivity contribution in [1.29, 1.82) is 0 Å². The van der Waals surface area contributed by atoms with Crippen LogP contribution < -0.4 is 16.0 Å². The highest BCUT2D eigenvalue weighted by Crippen LogP contribution is 2.33. The van der Waals surface area contributed by atoms with Crippen molar-refractivity contribution >= 4 is 17.3 Å². The van der Waals surface area contributed by atoms with Gasteiger partial charge in [0.15, 0.2) is 0 Å². The molecule has 1 fully saturated rings. The van der Waals surface area contributed by atoms with Crippen molar-refractivity contribution in [3.05, 3.63) is 23.8 Å². The highest BCUT2D eigenvalue weighted by molar-refractivity contribution is 6.00. The molecule has 4 heteroatoms. The Bertz CT molecular complexity index is 496. The first-order chi connectivity index (χ1) is 9.43. The van der Waals surface area contributed by atoms with Gasteiger partial charge in [0.1, 0.15) is 0 Å². The number of amides is 1. The van der Waals surface area contributed by atoms with E-state index in [1.165, 1.54) is 6.42 Å². The number of nitrogens with zero attached hydrogens (tertiary/aromatic N) is 1. The standard InChI is InChI=1S/C16H25N3O/c1-4-18-15(20)13-7-6-12(17)10-14(13)19-9-5-8-16(2,3)11-19/h6-7,10H,4-5,8-9,11,17H2,1-3H3,(H,18,20). The van der Waals surface area contributed by atoms with E-state index >= 15 is 0 Å². The Hall–Kier alpha value is -1.71. The maximum atomic E-state index is 12.2. The summed E-state index contributed by atoms with van der Waals surface area (Å²) >= 11 is 0. The zero-order valence-electron chi connectivity index (χ0n) is 12.7. The van der Waals surface area contributed by atoms with Gasteiger partial charge >= 0.3 is 0 Å². The summed E-state index contributed by atoms with van der Waals surface area (Å²) < 4.78 is 0. The normalized spacial score (nSPS) is 17.9. The van der Waals surface area contributed by atoms with Crippen LogP contribution in [0, 0.1) is 5.41 Å². The highest BCUT2D eigenvalue weighted by Gasteiger charge is 2.28. The molecule has 0 bridgehead atoms. The summed E-state index contributed by atoms with van der Waals surface area (Å²) in [6, 6.07) is 5.55. The SMILES string of the molecule is CCNC(=O)c1ccc(N)cc1N1CCCC(C)(C)C1. The molecular weight excluding hydrogens is 250 g/mol. The van der Waals surface area contributed by atoms with Crippen molar-refractivity contribution in [3.63, 3.8) is 0 Å². The molecule has 0 aromatic heterocycles. The summed E-state index contributed by atoms with van der Waals surface area (Å²) in [4.78, 5) is 14.5. The van der Waals surface area contributed by atoms with Crippen LogP contribution in [0.2, 0.25) is 0 Å². The largest absolute Gasteiger partial charge is 0.399 e. The lowest BCUT2D eigenvalue weighted by molar-refractivity contribution is 0.0956. The number of carbonyl (C=O) groups excluding carboxylic acids is 1. The first-order valence-electron chi connectivity index (χ1n) is 7.35. The number of benzene rings is 1. The molecule has 0 spiro atoms. The molecule has 0 radical (unpaired) electrons. The number of rotatable bonds is 3. The van der Waals surface area contributed by atoms with Crippen molar-refractivity contribution in [3.8, 4) is 0 Å². The molecule has 20 heavy (non-hydrogen) atoms. The molecule has 1 saturated heterocycles. The molecule has 4 nitrogen and oxygen atoms in total. The smallest absolute Gasteiger partial charge is 0.253 e. The van der Waals surface area contributed by atoms with Crippen LogP contribution in [0.25, 0.3) is 0 Å². The lowest BCUT2D eigenvalue weighted by Gasteiger charge is -2.40. The van der Waals surface area contributed by atoms with Crippen LogP contribution in [0.1, 0.15) is 44.0 Å². The second-order valence-electron chi connectivity index (χ2n) is 6.33. The molecule has 1 aromatic carbocycles. The third kappa shape index (κ3) is 3.24. The number of hydrogen-bond acceptors (Lipinski definition) is 3. The first-order valence-corrected chi connectivity index (χ1v) is 7.35. The molecule has 1 aliphatic heterocycles. The fourth-order valence-corrected chi connectivity index (χ4v) is 2.89. The average Bonchev–Trinajstić information content (AvgIpc) is 2.37. The minimum Gasteiger partial charge on any atom is -0.399 e. The Labute approximate surface area is 121 Å². The van der Waals surface area contributed by atoms with E-state index in [1.54, 1.807) is 6.07 Å². The van der Waals surface area contributed by atoms with Gasteiger partial charge in [-0.15, -0.1) is 0 Å². The van der Waals surface area contributed by atoms with Gasteiger partial charge in [-0.25, -0.2) is 0 Å². The van der Waals surface area contributed by atoms with Crippen molar-refractivity contribution in [1.82, 2.24) is 5.32 Å². The van der Waals surface area contributed by atoms with E-state index in [0.29, 0.717) is 12.2 Å². The van der Waals surface area contributed by atoms with E-state index in [9.17, 15) is 4.79 Å². The Balaban J connectivity index is 2.34. The molecule has 110 valence electrons. The van der Waals surface area contributed by atoms with Crippen LogP contribution in [0.5, 0.6) is 0 Å². The first kappa shape index (κ1) is 14.7. The zero-order valence-corrected chi connectivity index (χ0v) is 12.7. The lowest BCUT2D eigenvalue weighted by atomic mass is 9.84. The van der Waals surface area contributed by atoms with Crippen LogP contribution >= 0.6 is 0 Å². The monoisotopic (exact) mass is 275 g/mol. The van der Waals surface area contributed by atoms with Crippen LogP contribution in [0.3, 0.4) is 0 Å². The molecule has 0 unspecified atom stereocenters. The summed E-state index contributed by atoms with van der Waals surface area (Å²) in [5.74, 6) is -0.0223. The highest BCUT2D eigenvalue weighted by atomic mass is 16.1. The van der Waals surface area contributed by atoms with Gasteiger partial charge in [0.25, 0.3) is 5.91 Å². The number of carbonyl (C=O) groups is 1. The Kier molecular flexibility index (Phi) is 4.21. The van der Waals surface area contributed by atoms with Gasteiger partial charge in [0.2, 0.25) is 0 Å². The number of nitrogen functional groups attached to an aromatic ring is 1. The topological polar surface area (TPSA) is 58.4 Å². The molecule has 0 aliphatic carbocycles. The molecule has 2 rings (SSSR count). The van der Waals surface area contributed by atoms with Crippen LogP contribution in [0.4, 0.5) is 11.4 Å². The maximum absolute atomic E-state index is 12.2. The number of anilines is 2. The van der Waals surface area contributed by atoms with Crippen molar-refractivity contribution in [2.24, 2.45) is 5.41 Å². The molecule has 1 aromatic rings. The van der Waals surface area contributed by atoms with Gasteiger partial charge in [-0.05, 0) is 43.4 Å². The van der Waals surface area contributed by atoms with Crippen molar-refractivity contribution in [2.45, 2.75) is 33.6 Å². The molecule has 0 atom stereocenters. The van der Waals surface area contributed by atoms with E-state index in [4.69, 9.17) is 5.73 Å². The van der Waals surface area contributed by atoms with E-state index in [2.05, 4.69) is 24.1 Å². The summed E-state index contributed by atoms with van der Waals surface area (Å²) in [6.45, 7) is 9.06. The second kappa shape index (κ2) is 5.73. The number of nitrogens with one attached hydrogen (secondary N) is 1. The minimum atomic E-state index is -0.0223. The third-order valence-electron chi connectivity index (χ3n) is 3.84. The summed E-state index contributed by atoms with van der Waals surface area (Å²) in [6.07, 6.45) is 2.37. The molecule has 0 saturated carbocycles. The second-order valence-corrected chi connectivity index (χ2v) is 6.33. The van der Waals surface area contributed by atoms with E-state index in [1.807, 2.05) is 19.1 Å². The Morgan fingerprint density at radius 2 is 2.20 bits per heavy atom. The van der Waals surface area contributed by atoms with Crippen LogP contribution in [-0.2, 0) is 0 Å².